The van der Waals surface area contributed by atoms with Crippen molar-refractivity contribution in [3.8, 4) is 0 Å². The quantitative estimate of drug-likeness (QED) is 0.847. The molecule has 0 saturated heterocycles. The zero-order valence-corrected chi connectivity index (χ0v) is 13.4. The van der Waals surface area contributed by atoms with Crippen LogP contribution in [0, 0.1) is 12.8 Å². The van der Waals surface area contributed by atoms with E-state index in [2.05, 4.69) is 4.72 Å². The fourth-order valence-corrected chi connectivity index (χ4v) is 4.12. The van der Waals surface area contributed by atoms with Gasteiger partial charge in [-0.1, -0.05) is 49.1 Å². The molecule has 21 heavy (non-hydrogen) atoms. The van der Waals surface area contributed by atoms with Gasteiger partial charge in [0.25, 0.3) is 0 Å². The Morgan fingerprint density at radius 3 is 2.67 bits per heavy atom. The van der Waals surface area contributed by atoms with Crippen LogP contribution >= 0.6 is 0 Å². The lowest BCUT2D eigenvalue weighted by atomic mass is 9.85. The van der Waals surface area contributed by atoms with Crippen LogP contribution in [0.4, 0.5) is 0 Å². The predicted octanol–water partition coefficient (Wildman–Crippen LogP) is 2.36. The molecule has 1 aliphatic rings. The molecular weight excluding hydrogens is 286 g/mol. The maximum absolute atomic E-state index is 12.1. The molecule has 1 fully saturated rings. The largest absolute Gasteiger partial charge is 0.391 e. The van der Waals surface area contributed by atoms with E-state index in [1.165, 1.54) is 6.42 Å². The van der Waals surface area contributed by atoms with Crippen LogP contribution < -0.4 is 4.72 Å². The van der Waals surface area contributed by atoms with Gasteiger partial charge < -0.3 is 5.11 Å². The van der Waals surface area contributed by atoms with Gasteiger partial charge in [-0.2, -0.15) is 0 Å². The Kier molecular flexibility index (Phi) is 5.79. The maximum atomic E-state index is 12.1. The normalized spacial score (nSPS) is 18.6. The lowest BCUT2D eigenvalue weighted by Crippen LogP contribution is -2.37. The second-order valence-corrected chi connectivity index (χ2v) is 7.87. The number of aliphatic hydroxyl groups excluding tert-OH is 1. The fourth-order valence-electron chi connectivity index (χ4n) is 2.97. The summed E-state index contributed by atoms with van der Waals surface area (Å²) in [6.07, 6.45) is 4.93. The topological polar surface area (TPSA) is 66.4 Å². The summed E-state index contributed by atoms with van der Waals surface area (Å²) < 4.78 is 26.7. The average molecular weight is 311 g/mol. The minimum Gasteiger partial charge on any atom is -0.391 e. The van der Waals surface area contributed by atoms with Crippen LogP contribution in [0.3, 0.4) is 0 Å². The van der Waals surface area contributed by atoms with Gasteiger partial charge in [0.2, 0.25) is 10.0 Å². The van der Waals surface area contributed by atoms with Crippen LogP contribution in [0.5, 0.6) is 0 Å². The molecule has 2 N–H and O–H groups in total. The number of benzene rings is 1. The zero-order valence-electron chi connectivity index (χ0n) is 12.6. The molecule has 1 saturated carbocycles. The van der Waals surface area contributed by atoms with Gasteiger partial charge >= 0.3 is 0 Å². The molecule has 0 spiro atoms. The summed E-state index contributed by atoms with van der Waals surface area (Å²) in [5.74, 6) is 0.201. The molecule has 0 amide bonds. The van der Waals surface area contributed by atoms with Gasteiger partial charge in [0.1, 0.15) is 0 Å². The number of hydrogen-bond donors (Lipinski definition) is 2. The summed E-state index contributed by atoms with van der Waals surface area (Å²) in [6, 6.07) is 7.48. The Bertz CT molecular complexity index is 550. The summed E-state index contributed by atoms with van der Waals surface area (Å²) in [5.41, 5.74) is 1.82. The van der Waals surface area contributed by atoms with E-state index in [-0.39, 0.29) is 18.2 Å². The van der Waals surface area contributed by atoms with Crippen LogP contribution in [0.2, 0.25) is 0 Å². The summed E-state index contributed by atoms with van der Waals surface area (Å²) in [4.78, 5) is 0. The first-order valence-corrected chi connectivity index (χ1v) is 9.32. The van der Waals surface area contributed by atoms with E-state index in [0.29, 0.717) is 0 Å². The van der Waals surface area contributed by atoms with Crippen LogP contribution in [0.15, 0.2) is 24.3 Å². The van der Waals surface area contributed by atoms with Gasteiger partial charge in [0.05, 0.1) is 11.9 Å². The Balaban J connectivity index is 1.86. The Morgan fingerprint density at radius 2 is 2.00 bits per heavy atom. The molecule has 1 aromatic rings. The molecule has 0 aromatic heterocycles. The molecule has 0 bridgehead atoms. The molecule has 118 valence electrons. The molecule has 5 heteroatoms. The van der Waals surface area contributed by atoms with Crippen molar-refractivity contribution in [2.24, 2.45) is 5.92 Å². The van der Waals surface area contributed by atoms with Crippen LogP contribution in [-0.2, 0) is 15.8 Å². The molecule has 0 unspecified atom stereocenters. The number of aryl methyl sites for hydroxylation is 1. The SMILES string of the molecule is Cc1cccc(CS(=O)(=O)NC[C@H](O)C2CCCCC2)c1. The molecule has 1 atom stereocenters. The predicted molar refractivity (Wildman–Crippen MR) is 84.4 cm³/mol. The smallest absolute Gasteiger partial charge is 0.215 e. The Hall–Kier alpha value is -0.910. The lowest BCUT2D eigenvalue weighted by molar-refractivity contribution is 0.0888. The third-order valence-electron chi connectivity index (χ3n) is 4.15. The standard InChI is InChI=1S/C16H25NO3S/c1-13-6-5-7-14(10-13)12-21(19,20)17-11-16(18)15-8-3-2-4-9-15/h5-7,10,15-18H,2-4,8-9,11-12H2,1H3/t16-/m0/s1. The van der Waals surface area contributed by atoms with Crippen molar-refractivity contribution in [1.29, 1.82) is 0 Å². The van der Waals surface area contributed by atoms with Gasteiger partial charge in [0, 0.05) is 6.54 Å². The first-order chi connectivity index (χ1) is 9.96. The van der Waals surface area contributed by atoms with Gasteiger partial charge in [-0.25, -0.2) is 13.1 Å². The zero-order chi connectivity index (χ0) is 15.3. The third-order valence-corrected chi connectivity index (χ3v) is 5.47. The van der Waals surface area contributed by atoms with E-state index in [1.54, 1.807) is 0 Å². The van der Waals surface area contributed by atoms with E-state index in [4.69, 9.17) is 0 Å². The molecule has 0 heterocycles. The van der Waals surface area contributed by atoms with Crippen molar-refractivity contribution < 1.29 is 13.5 Å². The summed E-state index contributed by atoms with van der Waals surface area (Å²) in [6.45, 7) is 2.06. The van der Waals surface area contributed by atoms with E-state index in [1.807, 2.05) is 31.2 Å². The summed E-state index contributed by atoms with van der Waals surface area (Å²) in [5, 5.41) is 10.1. The highest BCUT2D eigenvalue weighted by Crippen LogP contribution is 2.26. The summed E-state index contributed by atoms with van der Waals surface area (Å²) in [7, 11) is -3.40. The van der Waals surface area contributed by atoms with E-state index < -0.39 is 16.1 Å². The van der Waals surface area contributed by atoms with Crippen molar-refractivity contribution in [3.63, 3.8) is 0 Å². The molecule has 1 aliphatic carbocycles. The fraction of sp³-hybridized carbons (Fsp3) is 0.625. The van der Waals surface area contributed by atoms with Gasteiger partial charge in [-0.05, 0) is 31.2 Å². The summed E-state index contributed by atoms with van der Waals surface area (Å²) >= 11 is 0. The minimum absolute atomic E-state index is 0.0356. The van der Waals surface area contributed by atoms with Crippen molar-refractivity contribution >= 4 is 10.0 Å². The molecule has 2 rings (SSSR count). The molecule has 1 aromatic carbocycles. The monoisotopic (exact) mass is 311 g/mol. The number of sulfonamides is 1. The van der Waals surface area contributed by atoms with E-state index in [9.17, 15) is 13.5 Å². The van der Waals surface area contributed by atoms with Crippen molar-refractivity contribution in [1.82, 2.24) is 4.72 Å². The lowest BCUT2D eigenvalue weighted by Gasteiger charge is -2.26. The van der Waals surface area contributed by atoms with E-state index >= 15 is 0 Å². The van der Waals surface area contributed by atoms with Crippen LogP contribution in [-0.4, -0.2) is 26.2 Å². The highest BCUT2D eigenvalue weighted by Gasteiger charge is 2.23. The number of hydrogen-bond acceptors (Lipinski definition) is 3. The molecular formula is C16H25NO3S. The Labute approximate surface area is 127 Å². The maximum Gasteiger partial charge on any atom is 0.215 e. The van der Waals surface area contributed by atoms with Crippen molar-refractivity contribution in [2.45, 2.75) is 50.9 Å². The van der Waals surface area contributed by atoms with Crippen LogP contribution in [0.25, 0.3) is 0 Å². The average Bonchev–Trinajstić information content (AvgIpc) is 2.45. The highest BCUT2D eigenvalue weighted by atomic mass is 32.2. The number of nitrogens with one attached hydrogen (secondary N) is 1. The first kappa shape index (κ1) is 16.5. The second-order valence-electron chi connectivity index (χ2n) is 6.06. The second kappa shape index (κ2) is 7.38. The van der Waals surface area contributed by atoms with Gasteiger partial charge in [-0.3, -0.25) is 0 Å². The van der Waals surface area contributed by atoms with Crippen molar-refractivity contribution in [3.05, 3.63) is 35.4 Å². The first-order valence-electron chi connectivity index (χ1n) is 7.67. The molecule has 4 nitrogen and oxygen atoms in total. The number of rotatable bonds is 6. The minimum atomic E-state index is -3.40. The highest BCUT2D eigenvalue weighted by molar-refractivity contribution is 7.88. The Morgan fingerprint density at radius 1 is 1.29 bits per heavy atom. The van der Waals surface area contributed by atoms with Crippen molar-refractivity contribution in [2.75, 3.05) is 6.54 Å². The molecule has 0 aliphatic heterocycles. The van der Waals surface area contributed by atoms with Gasteiger partial charge in [0.15, 0.2) is 0 Å². The van der Waals surface area contributed by atoms with Crippen LogP contribution in [0.1, 0.15) is 43.2 Å². The number of aliphatic hydroxyl groups is 1. The third kappa shape index (κ3) is 5.41. The van der Waals surface area contributed by atoms with E-state index in [0.717, 1.165) is 36.8 Å². The van der Waals surface area contributed by atoms with Gasteiger partial charge in [-0.15, -0.1) is 0 Å². The molecule has 0 radical (unpaired) electrons.